The molecule has 0 aliphatic rings. The first-order valence-corrected chi connectivity index (χ1v) is 8.08. The maximum atomic E-state index is 11.0. The SMILES string of the molecule is Cc1cc(N(CCCl)CCCl)ccc1C(C)(C)CC(=O)O. The second kappa shape index (κ2) is 7.90. The summed E-state index contributed by atoms with van der Waals surface area (Å²) < 4.78 is 0. The van der Waals surface area contributed by atoms with Crippen molar-refractivity contribution in [2.45, 2.75) is 32.6 Å². The third-order valence-corrected chi connectivity index (χ3v) is 3.94. The van der Waals surface area contributed by atoms with Gasteiger partial charge in [-0.3, -0.25) is 4.79 Å². The van der Waals surface area contributed by atoms with Gasteiger partial charge < -0.3 is 10.0 Å². The lowest BCUT2D eigenvalue weighted by molar-refractivity contribution is -0.138. The quantitative estimate of drug-likeness (QED) is 0.731. The van der Waals surface area contributed by atoms with Crippen molar-refractivity contribution in [3.63, 3.8) is 0 Å². The van der Waals surface area contributed by atoms with Crippen LogP contribution < -0.4 is 4.90 Å². The van der Waals surface area contributed by atoms with Crippen LogP contribution in [0.1, 0.15) is 31.4 Å². The first kappa shape index (κ1) is 18.1. The van der Waals surface area contributed by atoms with E-state index < -0.39 is 11.4 Å². The highest BCUT2D eigenvalue weighted by Gasteiger charge is 2.26. The molecule has 0 unspecified atom stereocenters. The molecule has 0 bridgehead atoms. The summed E-state index contributed by atoms with van der Waals surface area (Å²) in [7, 11) is 0. The number of aryl methyl sites for hydroxylation is 1. The Morgan fingerprint density at radius 3 is 2.24 bits per heavy atom. The van der Waals surface area contributed by atoms with Crippen molar-refractivity contribution in [3.05, 3.63) is 29.3 Å². The van der Waals surface area contributed by atoms with Crippen molar-refractivity contribution in [3.8, 4) is 0 Å². The Kier molecular flexibility index (Phi) is 6.82. The van der Waals surface area contributed by atoms with E-state index in [1.807, 2.05) is 32.9 Å². The second-order valence-corrected chi connectivity index (χ2v) is 6.57. The molecule has 0 aliphatic carbocycles. The minimum absolute atomic E-state index is 0.111. The molecule has 1 rings (SSSR count). The maximum absolute atomic E-state index is 11.0. The largest absolute Gasteiger partial charge is 0.481 e. The number of nitrogens with zero attached hydrogens (tertiary/aromatic N) is 1. The molecule has 5 heteroatoms. The Balaban J connectivity index is 3.06. The third kappa shape index (κ3) is 5.08. The molecule has 0 saturated carbocycles. The van der Waals surface area contributed by atoms with Gasteiger partial charge in [0.2, 0.25) is 0 Å². The van der Waals surface area contributed by atoms with Gasteiger partial charge in [-0.05, 0) is 30.2 Å². The average molecular weight is 332 g/mol. The molecule has 3 nitrogen and oxygen atoms in total. The number of rotatable bonds is 8. The molecule has 0 aliphatic heterocycles. The normalized spacial score (nSPS) is 11.5. The van der Waals surface area contributed by atoms with Crippen molar-refractivity contribution in [2.24, 2.45) is 0 Å². The number of alkyl halides is 2. The van der Waals surface area contributed by atoms with E-state index in [1.165, 1.54) is 0 Å². The molecule has 1 aromatic rings. The lowest BCUT2D eigenvalue weighted by Gasteiger charge is -2.28. The lowest BCUT2D eigenvalue weighted by Crippen LogP contribution is -2.28. The number of halogens is 2. The molecule has 0 atom stereocenters. The molecule has 1 N–H and O–H groups in total. The maximum Gasteiger partial charge on any atom is 0.304 e. The highest BCUT2D eigenvalue weighted by molar-refractivity contribution is 6.18. The van der Waals surface area contributed by atoms with Crippen LogP contribution in [-0.2, 0) is 10.2 Å². The minimum Gasteiger partial charge on any atom is -0.481 e. The summed E-state index contributed by atoms with van der Waals surface area (Å²) in [6.07, 6.45) is 0.111. The van der Waals surface area contributed by atoms with E-state index >= 15 is 0 Å². The molecule has 0 spiro atoms. The number of aliphatic carboxylic acids is 1. The second-order valence-electron chi connectivity index (χ2n) is 5.82. The van der Waals surface area contributed by atoms with Gasteiger partial charge in [-0.1, -0.05) is 19.9 Å². The van der Waals surface area contributed by atoms with Crippen LogP contribution in [0.2, 0.25) is 0 Å². The van der Waals surface area contributed by atoms with Gasteiger partial charge in [-0.15, -0.1) is 23.2 Å². The van der Waals surface area contributed by atoms with Crippen LogP contribution in [0.3, 0.4) is 0 Å². The van der Waals surface area contributed by atoms with Gasteiger partial charge in [0.05, 0.1) is 6.42 Å². The van der Waals surface area contributed by atoms with Crippen molar-refractivity contribution in [2.75, 3.05) is 29.7 Å². The fourth-order valence-corrected chi connectivity index (χ4v) is 3.06. The van der Waals surface area contributed by atoms with Crippen LogP contribution in [0.4, 0.5) is 5.69 Å². The summed E-state index contributed by atoms with van der Waals surface area (Å²) in [6, 6.07) is 6.12. The van der Waals surface area contributed by atoms with Crippen LogP contribution in [0.5, 0.6) is 0 Å². The monoisotopic (exact) mass is 331 g/mol. The van der Waals surface area contributed by atoms with Gasteiger partial charge in [0.25, 0.3) is 0 Å². The summed E-state index contributed by atoms with van der Waals surface area (Å²) in [5.41, 5.74) is 2.83. The predicted molar refractivity (Wildman–Crippen MR) is 90.1 cm³/mol. The number of carboxylic acids is 1. The van der Waals surface area contributed by atoms with Gasteiger partial charge >= 0.3 is 5.97 Å². The number of hydrogen-bond donors (Lipinski definition) is 1. The minimum atomic E-state index is -0.783. The van der Waals surface area contributed by atoms with Crippen LogP contribution in [0.25, 0.3) is 0 Å². The number of anilines is 1. The third-order valence-electron chi connectivity index (χ3n) is 3.61. The van der Waals surface area contributed by atoms with Crippen molar-refractivity contribution < 1.29 is 9.90 Å². The summed E-state index contributed by atoms with van der Waals surface area (Å²) in [5, 5.41) is 9.05. The Labute approximate surface area is 136 Å². The lowest BCUT2D eigenvalue weighted by atomic mass is 9.79. The fraction of sp³-hybridized carbons (Fsp3) is 0.562. The molecule has 0 amide bonds. The predicted octanol–water partition coefficient (Wildman–Crippen LogP) is 4.03. The molecular weight excluding hydrogens is 309 g/mol. The standard InChI is InChI=1S/C16H23Cl2NO2/c1-12-10-13(19(8-6-17)9-7-18)4-5-14(12)16(2,3)11-15(20)21/h4-5,10H,6-9,11H2,1-3H3,(H,20,21). The number of carbonyl (C=O) groups is 1. The van der Waals surface area contributed by atoms with Crippen LogP contribution >= 0.6 is 23.2 Å². The summed E-state index contributed by atoms with van der Waals surface area (Å²) >= 11 is 11.7. The highest BCUT2D eigenvalue weighted by atomic mass is 35.5. The zero-order valence-corrected chi connectivity index (χ0v) is 14.3. The Morgan fingerprint density at radius 2 is 1.81 bits per heavy atom. The first-order valence-electron chi connectivity index (χ1n) is 7.01. The van der Waals surface area contributed by atoms with E-state index in [-0.39, 0.29) is 6.42 Å². The zero-order chi connectivity index (χ0) is 16.0. The van der Waals surface area contributed by atoms with E-state index in [9.17, 15) is 4.79 Å². The molecule has 118 valence electrons. The van der Waals surface area contributed by atoms with Crippen molar-refractivity contribution in [1.29, 1.82) is 0 Å². The number of benzene rings is 1. The number of carboxylic acid groups (broad SMARTS) is 1. The molecular formula is C16H23Cl2NO2. The fourth-order valence-electron chi connectivity index (χ4n) is 2.65. The smallest absolute Gasteiger partial charge is 0.304 e. The molecule has 21 heavy (non-hydrogen) atoms. The summed E-state index contributed by atoms with van der Waals surface area (Å²) in [4.78, 5) is 13.1. The Morgan fingerprint density at radius 1 is 1.24 bits per heavy atom. The summed E-state index contributed by atoms with van der Waals surface area (Å²) in [5.74, 6) is 0.305. The van der Waals surface area contributed by atoms with E-state index in [1.54, 1.807) is 0 Å². The van der Waals surface area contributed by atoms with Crippen LogP contribution in [0.15, 0.2) is 18.2 Å². The van der Waals surface area contributed by atoms with Crippen molar-refractivity contribution >= 4 is 34.9 Å². The molecule has 0 fully saturated rings. The molecule has 0 saturated heterocycles. The highest BCUT2D eigenvalue weighted by Crippen LogP contribution is 2.32. The Hall–Kier alpha value is -0.930. The van der Waals surface area contributed by atoms with Gasteiger partial charge in [0, 0.05) is 36.0 Å². The molecule has 0 radical (unpaired) electrons. The van der Waals surface area contributed by atoms with E-state index in [0.29, 0.717) is 11.8 Å². The van der Waals surface area contributed by atoms with Crippen molar-refractivity contribution in [1.82, 2.24) is 0 Å². The zero-order valence-electron chi connectivity index (χ0n) is 12.8. The van der Waals surface area contributed by atoms with Gasteiger partial charge in [0.1, 0.15) is 0 Å². The topological polar surface area (TPSA) is 40.5 Å². The number of hydrogen-bond acceptors (Lipinski definition) is 2. The Bertz CT molecular complexity index is 483. The van der Waals surface area contributed by atoms with E-state index in [2.05, 4.69) is 11.0 Å². The summed E-state index contributed by atoms with van der Waals surface area (Å²) in [6.45, 7) is 7.41. The average Bonchev–Trinajstić information content (AvgIpc) is 2.36. The van der Waals surface area contributed by atoms with E-state index in [4.69, 9.17) is 28.3 Å². The van der Waals surface area contributed by atoms with E-state index in [0.717, 1.165) is 29.9 Å². The van der Waals surface area contributed by atoms with Gasteiger partial charge in [0.15, 0.2) is 0 Å². The first-order chi connectivity index (χ1) is 9.81. The molecule has 0 heterocycles. The molecule has 1 aromatic carbocycles. The van der Waals surface area contributed by atoms with Crippen LogP contribution in [-0.4, -0.2) is 35.9 Å². The molecule has 0 aromatic heterocycles. The van der Waals surface area contributed by atoms with Gasteiger partial charge in [-0.25, -0.2) is 0 Å². The van der Waals surface area contributed by atoms with Crippen LogP contribution in [0, 0.1) is 6.92 Å². The van der Waals surface area contributed by atoms with Gasteiger partial charge in [-0.2, -0.15) is 0 Å².